The number of nitrogens with one attached hydrogen (secondary N) is 1. The van der Waals surface area contributed by atoms with Crippen molar-refractivity contribution in [2.75, 3.05) is 18.5 Å². The van der Waals surface area contributed by atoms with Gasteiger partial charge < -0.3 is 10.1 Å². The molecule has 1 fully saturated rings. The zero-order chi connectivity index (χ0) is 21.3. The van der Waals surface area contributed by atoms with Gasteiger partial charge in [-0.15, -0.1) is 0 Å². The Labute approximate surface area is 179 Å². The van der Waals surface area contributed by atoms with Crippen LogP contribution in [0, 0.1) is 5.92 Å². The minimum Gasteiger partial charge on any atom is -0.381 e. The Morgan fingerprint density at radius 2 is 2.13 bits per heavy atom. The Morgan fingerprint density at radius 3 is 2.83 bits per heavy atom. The molecule has 1 amide bonds. The molecule has 3 N–H and O–H groups in total. The number of anilines is 1. The van der Waals surface area contributed by atoms with Crippen LogP contribution in [0.25, 0.3) is 10.9 Å². The number of carbonyl (C=O) groups is 1. The topological polar surface area (TPSA) is 116 Å². The number of fused-ring (bicyclic) bond motifs is 1. The maximum Gasteiger partial charge on any atom is 0.238 e. The molecule has 10 heteroatoms. The molecule has 1 saturated heterocycles. The van der Waals surface area contributed by atoms with E-state index in [1.165, 1.54) is 6.07 Å². The van der Waals surface area contributed by atoms with Crippen molar-refractivity contribution in [1.82, 2.24) is 9.78 Å². The summed E-state index contributed by atoms with van der Waals surface area (Å²) in [6.07, 6.45) is 2.66. The maximum atomic E-state index is 12.5. The van der Waals surface area contributed by atoms with Crippen LogP contribution >= 0.6 is 11.6 Å². The van der Waals surface area contributed by atoms with E-state index >= 15 is 0 Å². The molecule has 4 rings (SSSR count). The summed E-state index contributed by atoms with van der Waals surface area (Å²) < 4.78 is 31.4. The van der Waals surface area contributed by atoms with Crippen LogP contribution in [0.1, 0.15) is 12.0 Å². The van der Waals surface area contributed by atoms with Crippen LogP contribution in [-0.2, 0) is 32.5 Å². The highest BCUT2D eigenvalue weighted by Gasteiger charge is 2.21. The number of nitrogens with zero attached hydrogens (tertiary/aromatic N) is 2. The summed E-state index contributed by atoms with van der Waals surface area (Å²) in [5, 5.41) is 13.5. The first-order chi connectivity index (χ1) is 14.3. The number of aromatic nitrogens is 2. The molecule has 2 aromatic carbocycles. The van der Waals surface area contributed by atoms with Crippen LogP contribution in [0.5, 0.6) is 0 Å². The first-order valence-electron chi connectivity index (χ1n) is 9.44. The quantitative estimate of drug-likeness (QED) is 0.601. The van der Waals surface area contributed by atoms with Gasteiger partial charge in [0, 0.05) is 41.4 Å². The molecular weight excluding hydrogens is 428 g/mol. The Hall–Kier alpha value is -2.46. The van der Waals surface area contributed by atoms with E-state index in [1.807, 2.05) is 0 Å². The zero-order valence-electron chi connectivity index (χ0n) is 16.0. The molecule has 0 aliphatic carbocycles. The van der Waals surface area contributed by atoms with Gasteiger partial charge >= 0.3 is 0 Å². The van der Waals surface area contributed by atoms with Crippen molar-refractivity contribution in [3.63, 3.8) is 0 Å². The molecule has 1 aliphatic rings. The minimum atomic E-state index is -4.02. The summed E-state index contributed by atoms with van der Waals surface area (Å²) in [7, 11) is -4.02. The van der Waals surface area contributed by atoms with E-state index in [0.717, 1.165) is 13.0 Å². The number of primary sulfonamides is 1. The van der Waals surface area contributed by atoms with Crippen molar-refractivity contribution in [1.29, 1.82) is 0 Å². The summed E-state index contributed by atoms with van der Waals surface area (Å²) in [6, 6.07) is 10.0. The summed E-state index contributed by atoms with van der Waals surface area (Å²) in [6.45, 7) is 1.99. The molecule has 8 nitrogen and oxygen atoms in total. The van der Waals surface area contributed by atoms with Gasteiger partial charge in [-0.25, -0.2) is 13.6 Å². The lowest BCUT2D eigenvalue weighted by Crippen LogP contribution is -2.16. The fraction of sp³-hybridized carbons (Fsp3) is 0.300. The van der Waals surface area contributed by atoms with Crippen LogP contribution < -0.4 is 10.5 Å². The molecule has 0 bridgehead atoms. The van der Waals surface area contributed by atoms with Gasteiger partial charge in [0.1, 0.15) is 0 Å². The number of hydrogen-bond acceptors (Lipinski definition) is 5. The number of benzene rings is 2. The number of rotatable bonds is 6. The lowest BCUT2D eigenvalue weighted by molar-refractivity contribution is -0.115. The molecular formula is C20H21ClN4O4S. The van der Waals surface area contributed by atoms with Gasteiger partial charge in [0.25, 0.3) is 0 Å². The highest BCUT2D eigenvalue weighted by Crippen LogP contribution is 2.27. The number of amides is 1. The summed E-state index contributed by atoms with van der Waals surface area (Å²) in [4.78, 5) is 12.4. The fourth-order valence-electron chi connectivity index (χ4n) is 3.55. The van der Waals surface area contributed by atoms with Crippen LogP contribution in [0.2, 0.25) is 5.02 Å². The van der Waals surface area contributed by atoms with Crippen molar-refractivity contribution >= 4 is 44.1 Å². The molecule has 0 radical (unpaired) electrons. The second-order valence-electron chi connectivity index (χ2n) is 7.35. The molecule has 0 spiro atoms. The Balaban J connectivity index is 1.62. The second-order valence-corrected chi connectivity index (χ2v) is 9.29. The number of hydrogen-bond donors (Lipinski definition) is 2. The SMILES string of the molecule is NS(=O)(=O)c1cc(NC(=O)Cc2ccccc2Cl)cc2nn(CC3CCOC3)cc12. The molecule has 30 heavy (non-hydrogen) atoms. The Morgan fingerprint density at radius 1 is 1.33 bits per heavy atom. The number of sulfonamides is 1. The normalized spacial score (nSPS) is 16.8. The third-order valence-electron chi connectivity index (χ3n) is 5.00. The van der Waals surface area contributed by atoms with E-state index in [-0.39, 0.29) is 17.2 Å². The molecule has 158 valence electrons. The van der Waals surface area contributed by atoms with Crippen molar-refractivity contribution in [3.05, 3.63) is 53.2 Å². The van der Waals surface area contributed by atoms with E-state index in [9.17, 15) is 13.2 Å². The molecule has 1 aromatic heterocycles. The third kappa shape index (κ3) is 4.65. The lowest BCUT2D eigenvalue weighted by atomic mass is 10.1. The molecule has 3 aromatic rings. The van der Waals surface area contributed by atoms with Gasteiger partial charge in [-0.05, 0) is 30.2 Å². The summed E-state index contributed by atoms with van der Waals surface area (Å²) >= 11 is 6.11. The number of carbonyl (C=O) groups excluding carboxylic acids is 1. The minimum absolute atomic E-state index is 0.0541. The van der Waals surface area contributed by atoms with Gasteiger partial charge in [0.2, 0.25) is 15.9 Å². The molecule has 1 unspecified atom stereocenters. The standard InChI is InChI=1S/C20H21ClN4O4S/c21-17-4-2-1-3-14(17)7-20(26)23-15-8-18-16(19(9-15)30(22,27)28)11-25(24-18)10-13-5-6-29-12-13/h1-4,8-9,11,13H,5-7,10,12H2,(H,23,26)(H2,22,27,28). The average Bonchev–Trinajstić information content (AvgIpc) is 3.31. The third-order valence-corrected chi connectivity index (χ3v) is 6.32. The van der Waals surface area contributed by atoms with Crippen molar-refractivity contribution in [2.45, 2.75) is 24.3 Å². The van der Waals surface area contributed by atoms with E-state index in [2.05, 4.69) is 10.4 Å². The highest BCUT2D eigenvalue weighted by molar-refractivity contribution is 7.89. The van der Waals surface area contributed by atoms with Crippen molar-refractivity contribution in [3.8, 4) is 0 Å². The predicted octanol–water partition coefficient (Wildman–Crippen LogP) is 2.55. The zero-order valence-corrected chi connectivity index (χ0v) is 17.6. The van der Waals surface area contributed by atoms with Gasteiger partial charge in [-0.2, -0.15) is 5.10 Å². The summed E-state index contributed by atoms with van der Waals surface area (Å²) in [5.41, 5.74) is 1.42. The molecule has 1 atom stereocenters. The van der Waals surface area contributed by atoms with Gasteiger partial charge in [0.05, 0.1) is 23.4 Å². The Kier molecular flexibility index (Phi) is 5.79. The largest absolute Gasteiger partial charge is 0.381 e. The number of halogens is 1. The summed E-state index contributed by atoms with van der Waals surface area (Å²) in [5.74, 6) is -0.00241. The lowest BCUT2D eigenvalue weighted by Gasteiger charge is -2.08. The van der Waals surface area contributed by atoms with Crippen molar-refractivity contribution in [2.24, 2.45) is 11.1 Å². The monoisotopic (exact) mass is 448 g/mol. The Bertz CT molecular complexity index is 1200. The van der Waals surface area contributed by atoms with E-state index in [4.69, 9.17) is 21.5 Å². The van der Waals surface area contributed by atoms with Crippen LogP contribution in [-0.4, -0.2) is 37.3 Å². The first kappa shape index (κ1) is 20.8. The van der Waals surface area contributed by atoms with E-state index < -0.39 is 10.0 Å². The molecule has 1 aliphatic heterocycles. The van der Waals surface area contributed by atoms with Crippen LogP contribution in [0.4, 0.5) is 5.69 Å². The second kappa shape index (κ2) is 8.35. The van der Waals surface area contributed by atoms with Crippen LogP contribution in [0.3, 0.4) is 0 Å². The first-order valence-corrected chi connectivity index (χ1v) is 11.4. The maximum absolute atomic E-state index is 12.5. The van der Waals surface area contributed by atoms with Gasteiger partial charge in [0.15, 0.2) is 0 Å². The fourth-order valence-corrected chi connectivity index (χ4v) is 4.51. The van der Waals surface area contributed by atoms with Crippen molar-refractivity contribution < 1.29 is 17.9 Å². The van der Waals surface area contributed by atoms with Crippen LogP contribution in [0.15, 0.2) is 47.5 Å². The highest BCUT2D eigenvalue weighted by atomic mass is 35.5. The predicted molar refractivity (Wildman–Crippen MR) is 114 cm³/mol. The van der Waals surface area contributed by atoms with E-state index in [0.29, 0.717) is 46.2 Å². The molecule has 2 heterocycles. The molecule has 0 saturated carbocycles. The van der Waals surface area contributed by atoms with Gasteiger partial charge in [-0.1, -0.05) is 29.8 Å². The average molecular weight is 449 g/mol. The number of nitrogens with two attached hydrogens (primary N) is 1. The number of ether oxygens (including phenoxy) is 1. The smallest absolute Gasteiger partial charge is 0.238 e. The van der Waals surface area contributed by atoms with E-state index in [1.54, 1.807) is 41.2 Å². The van der Waals surface area contributed by atoms with Gasteiger partial charge in [-0.3, -0.25) is 9.48 Å².